The van der Waals surface area contributed by atoms with Crippen LogP contribution in [0, 0.1) is 5.92 Å². The van der Waals surface area contributed by atoms with Gasteiger partial charge < -0.3 is 15.2 Å². The second kappa shape index (κ2) is 5.58. The van der Waals surface area contributed by atoms with Crippen molar-refractivity contribution in [2.24, 2.45) is 5.92 Å². The third-order valence-electron chi connectivity index (χ3n) is 2.42. The number of aliphatic hydroxyl groups is 1. The smallest absolute Gasteiger partial charge is 0.265 e. The van der Waals surface area contributed by atoms with Gasteiger partial charge in [0.2, 0.25) is 0 Å². The Morgan fingerprint density at radius 2 is 2.14 bits per heavy atom. The van der Waals surface area contributed by atoms with E-state index >= 15 is 0 Å². The van der Waals surface area contributed by atoms with Gasteiger partial charge in [-0.15, -0.1) is 0 Å². The molecule has 0 saturated heterocycles. The van der Waals surface area contributed by atoms with Crippen molar-refractivity contribution in [3.8, 4) is 0 Å². The molecule has 0 aromatic heterocycles. The van der Waals surface area contributed by atoms with Crippen LogP contribution in [0.4, 0.5) is 8.78 Å². The summed E-state index contributed by atoms with van der Waals surface area (Å²) in [7, 11) is 1.58. The van der Waals surface area contributed by atoms with Crippen LogP contribution in [0.3, 0.4) is 0 Å². The standard InChI is InChI=1S/C9H17F2NO2/c1-14-5-7(6-2-3-6)12-4-8(13)9(10)11/h6-9,12-13H,2-5H2,1H3. The van der Waals surface area contributed by atoms with Crippen molar-refractivity contribution in [3.05, 3.63) is 0 Å². The van der Waals surface area contributed by atoms with Gasteiger partial charge in [-0.1, -0.05) is 0 Å². The summed E-state index contributed by atoms with van der Waals surface area (Å²) < 4.78 is 28.9. The maximum absolute atomic E-state index is 12.0. The Labute approximate surface area is 82.4 Å². The van der Waals surface area contributed by atoms with Gasteiger partial charge in [0, 0.05) is 19.7 Å². The highest BCUT2D eigenvalue weighted by Gasteiger charge is 2.31. The SMILES string of the molecule is COCC(NCC(O)C(F)F)C1CC1. The van der Waals surface area contributed by atoms with Crippen LogP contribution in [0.25, 0.3) is 0 Å². The fourth-order valence-electron chi connectivity index (χ4n) is 1.40. The highest BCUT2D eigenvalue weighted by molar-refractivity contribution is 4.86. The molecule has 0 spiro atoms. The second-order valence-electron chi connectivity index (χ2n) is 3.71. The molecule has 0 aromatic carbocycles. The van der Waals surface area contributed by atoms with E-state index in [4.69, 9.17) is 9.84 Å². The Bertz CT molecular complexity index is 165. The number of rotatable bonds is 7. The molecular formula is C9H17F2NO2. The average Bonchev–Trinajstić information content (AvgIpc) is 2.94. The van der Waals surface area contributed by atoms with Crippen LogP contribution < -0.4 is 5.32 Å². The van der Waals surface area contributed by atoms with Crippen LogP contribution in [-0.4, -0.2) is 43.9 Å². The minimum atomic E-state index is -2.68. The molecule has 1 fully saturated rings. The third kappa shape index (κ3) is 3.86. The van der Waals surface area contributed by atoms with Gasteiger partial charge in [-0.3, -0.25) is 0 Å². The predicted octanol–water partition coefficient (Wildman–Crippen LogP) is 0.627. The zero-order valence-corrected chi connectivity index (χ0v) is 8.25. The van der Waals surface area contributed by atoms with Crippen molar-refractivity contribution in [1.29, 1.82) is 0 Å². The van der Waals surface area contributed by atoms with Crippen LogP contribution in [-0.2, 0) is 4.74 Å². The summed E-state index contributed by atoms with van der Waals surface area (Å²) in [5.41, 5.74) is 0. The van der Waals surface area contributed by atoms with Crippen molar-refractivity contribution < 1.29 is 18.6 Å². The summed E-state index contributed by atoms with van der Waals surface area (Å²) in [6.07, 6.45) is -2.02. The molecule has 1 aliphatic rings. The first kappa shape index (κ1) is 11.8. The van der Waals surface area contributed by atoms with Crippen LogP contribution in [0.15, 0.2) is 0 Å². The summed E-state index contributed by atoms with van der Waals surface area (Å²) >= 11 is 0. The van der Waals surface area contributed by atoms with Crippen LogP contribution in [0.2, 0.25) is 0 Å². The van der Waals surface area contributed by atoms with E-state index in [2.05, 4.69) is 5.32 Å². The van der Waals surface area contributed by atoms with E-state index in [0.29, 0.717) is 12.5 Å². The highest BCUT2D eigenvalue weighted by atomic mass is 19.3. The Morgan fingerprint density at radius 1 is 1.50 bits per heavy atom. The van der Waals surface area contributed by atoms with Crippen molar-refractivity contribution in [2.75, 3.05) is 20.3 Å². The first-order valence-corrected chi connectivity index (χ1v) is 4.83. The molecule has 14 heavy (non-hydrogen) atoms. The summed E-state index contributed by atoms with van der Waals surface area (Å²) in [4.78, 5) is 0. The summed E-state index contributed by atoms with van der Waals surface area (Å²) in [6.45, 7) is 0.447. The molecule has 1 saturated carbocycles. The maximum Gasteiger partial charge on any atom is 0.265 e. The first-order chi connectivity index (χ1) is 6.65. The van der Waals surface area contributed by atoms with E-state index in [9.17, 15) is 8.78 Å². The van der Waals surface area contributed by atoms with Gasteiger partial charge in [-0.2, -0.15) is 0 Å². The average molecular weight is 209 g/mol. The zero-order chi connectivity index (χ0) is 10.6. The van der Waals surface area contributed by atoms with Crippen molar-refractivity contribution in [3.63, 3.8) is 0 Å². The number of ether oxygens (including phenoxy) is 1. The van der Waals surface area contributed by atoms with Crippen molar-refractivity contribution in [2.45, 2.75) is 31.4 Å². The Morgan fingerprint density at radius 3 is 2.57 bits per heavy atom. The van der Waals surface area contributed by atoms with Gasteiger partial charge in [-0.05, 0) is 18.8 Å². The monoisotopic (exact) mass is 209 g/mol. The summed E-state index contributed by atoms with van der Waals surface area (Å²) in [5, 5.41) is 11.8. The maximum atomic E-state index is 12.0. The molecule has 5 heteroatoms. The fraction of sp³-hybridized carbons (Fsp3) is 1.00. The van der Waals surface area contributed by atoms with Crippen molar-refractivity contribution in [1.82, 2.24) is 5.32 Å². The number of alkyl halides is 2. The quantitative estimate of drug-likeness (QED) is 0.646. The van der Waals surface area contributed by atoms with Crippen molar-refractivity contribution >= 4 is 0 Å². The fourth-order valence-corrected chi connectivity index (χ4v) is 1.40. The van der Waals surface area contributed by atoms with Gasteiger partial charge in [0.05, 0.1) is 6.61 Å². The summed E-state index contributed by atoms with van der Waals surface area (Å²) in [6, 6.07) is 0.105. The minimum absolute atomic E-state index is 0.0673. The molecule has 1 aliphatic carbocycles. The van der Waals surface area contributed by atoms with Gasteiger partial charge in [0.25, 0.3) is 6.43 Å². The molecule has 2 atom stereocenters. The van der Waals surface area contributed by atoms with Crippen LogP contribution in [0.5, 0.6) is 0 Å². The lowest BCUT2D eigenvalue weighted by atomic mass is 10.2. The van der Waals surface area contributed by atoms with E-state index in [1.807, 2.05) is 0 Å². The highest BCUT2D eigenvalue weighted by Crippen LogP contribution is 2.32. The normalized spacial score (nSPS) is 21.2. The van der Waals surface area contributed by atoms with Gasteiger partial charge in [0.1, 0.15) is 6.10 Å². The van der Waals surface area contributed by atoms with Crippen LogP contribution in [0.1, 0.15) is 12.8 Å². The second-order valence-corrected chi connectivity index (χ2v) is 3.71. The lowest BCUT2D eigenvalue weighted by molar-refractivity contribution is -0.00654. The molecule has 0 aliphatic heterocycles. The zero-order valence-electron chi connectivity index (χ0n) is 8.25. The number of hydrogen-bond acceptors (Lipinski definition) is 3. The van der Waals surface area contributed by atoms with E-state index in [-0.39, 0.29) is 12.6 Å². The van der Waals surface area contributed by atoms with E-state index in [0.717, 1.165) is 12.8 Å². The van der Waals surface area contributed by atoms with Gasteiger partial charge >= 0.3 is 0 Å². The molecule has 2 unspecified atom stereocenters. The molecule has 0 radical (unpaired) electrons. The number of halogens is 2. The lowest BCUT2D eigenvalue weighted by Gasteiger charge is -2.19. The topological polar surface area (TPSA) is 41.5 Å². The number of hydrogen-bond donors (Lipinski definition) is 2. The summed E-state index contributed by atoms with van der Waals surface area (Å²) in [5.74, 6) is 0.528. The largest absolute Gasteiger partial charge is 0.386 e. The molecule has 84 valence electrons. The third-order valence-corrected chi connectivity index (χ3v) is 2.42. The Kier molecular flexibility index (Phi) is 4.71. The molecular weight excluding hydrogens is 192 g/mol. The number of methoxy groups -OCH3 is 1. The molecule has 0 bridgehead atoms. The van der Waals surface area contributed by atoms with E-state index in [1.165, 1.54) is 0 Å². The molecule has 2 N–H and O–H groups in total. The lowest BCUT2D eigenvalue weighted by Crippen LogP contribution is -2.41. The van der Waals surface area contributed by atoms with E-state index < -0.39 is 12.5 Å². The van der Waals surface area contributed by atoms with Gasteiger partial charge in [0.15, 0.2) is 0 Å². The van der Waals surface area contributed by atoms with Crippen LogP contribution >= 0.6 is 0 Å². The number of nitrogens with one attached hydrogen (secondary N) is 1. The molecule has 0 aromatic rings. The Balaban J connectivity index is 2.18. The Hall–Kier alpha value is -0.260. The predicted molar refractivity (Wildman–Crippen MR) is 48.4 cm³/mol. The molecule has 1 rings (SSSR count). The molecule has 0 amide bonds. The number of aliphatic hydroxyl groups excluding tert-OH is 1. The van der Waals surface area contributed by atoms with E-state index in [1.54, 1.807) is 7.11 Å². The molecule has 0 heterocycles. The molecule has 3 nitrogen and oxygen atoms in total. The van der Waals surface area contributed by atoms with Gasteiger partial charge in [-0.25, -0.2) is 8.78 Å². The first-order valence-electron chi connectivity index (χ1n) is 4.83. The minimum Gasteiger partial charge on any atom is -0.386 e.